The highest BCUT2D eigenvalue weighted by molar-refractivity contribution is 7.98. The molecular weight excluding hydrogens is 406 g/mol. The summed E-state index contributed by atoms with van der Waals surface area (Å²) in [6, 6.07) is 14.6. The molecule has 5 nitrogen and oxygen atoms in total. The first-order chi connectivity index (χ1) is 14.6. The Labute approximate surface area is 178 Å². The molecule has 0 saturated carbocycles. The molecule has 2 aromatic carbocycles. The van der Waals surface area contributed by atoms with Crippen LogP contribution in [0.3, 0.4) is 0 Å². The zero-order valence-electron chi connectivity index (χ0n) is 16.5. The van der Waals surface area contributed by atoms with Crippen molar-refractivity contribution in [2.75, 3.05) is 37.3 Å². The van der Waals surface area contributed by atoms with Gasteiger partial charge in [-0.05, 0) is 60.9 Å². The highest BCUT2D eigenvalue weighted by atomic mass is 32.2. The molecule has 0 bridgehead atoms. The summed E-state index contributed by atoms with van der Waals surface area (Å²) in [6.07, 6.45) is 2.34. The number of thioether (sulfide) groups is 1. The Morgan fingerprint density at radius 3 is 2.13 bits per heavy atom. The van der Waals surface area contributed by atoms with Crippen LogP contribution in [0.4, 0.5) is 14.5 Å². The van der Waals surface area contributed by atoms with E-state index in [-0.39, 0.29) is 11.6 Å². The first-order valence-corrected chi connectivity index (χ1v) is 10.9. The molecule has 2 heterocycles. The van der Waals surface area contributed by atoms with Gasteiger partial charge in [0, 0.05) is 37.4 Å². The molecule has 1 fully saturated rings. The van der Waals surface area contributed by atoms with Crippen LogP contribution >= 0.6 is 11.8 Å². The van der Waals surface area contributed by atoms with Crippen molar-refractivity contribution in [1.29, 1.82) is 0 Å². The molecule has 4 rings (SSSR count). The molecule has 156 valence electrons. The SMILES string of the molecule is CSc1cc(-c2ccc(F)cc2)nn1C(C=O)N1CCN(c2ccc(F)cc2)CC1. The molecule has 0 N–H and O–H groups in total. The Morgan fingerprint density at radius 1 is 0.967 bits per heavy atom. The van der Waals surface area contributed by atoms with E-state index in [0.717, 1.165) is 35.7 Å². The number of carbonyl (C=O) groups is 1. The number of aldehydes is 1. The first kappa shape index (κ1) is 20.6. The zero-order chi connectivity index (χ0) is 21.1. The molecule has 1 aliphatic rings. The number of carbonyl (C=O) groups excluding carboxylic acids is 1. The minimum atomic E-state index is -0.517. The lowest BCUT2D eigenvalue weighted by Crippen LogP contribution is -2.49. The summed E-state index contributed by atoms with van der Waals surface area (Å²) < 4.78 is 28.2. The van der Waals surface area contributed by atoms with Crippen molar-refractivity contribution < 1.29 is 13.6 Å². The maximum atomic E-state index is 13.2. The van der Waals surface area contributed by atoms with Crippen molar-refractivity contribution in [3.63, 3.8) is 0 Å². The highest BCUT2D eigenvalue weighted by Gasteiger charge is 2.27. The molecule has 0 aliphatic carbocycles. The number of rotatable bonds is 6. The van der Waals surface area contributed by atoms with Gasteiger partial charge >= 0.3 is 0 Å². The van der Waals surface area contributed by atoms with Crippen LogP contribution in [-0.4, -0.2) is 53.4 Å². The topological polar surface area (TPSA) is 41.4 Å². The predicted octanol–water partition coefficient (Wildman–Crippen LogP) is 4.07. The van der Waals surface area contributed by atoms with Gasteiger partial charge in [0.05, 0.1) is 10.7 Å². The lowest BCUT2D eigenvalue weighted by atomic mass is 10.1. The zero-order valence-corrected chi connectivity index (χ0v) is 17.4. The molecule has 30 heavy (non-hydrogen) atoms. The molecule has 0 amide bonds. The Hall–Kier alpha value is -2.71. The first-order valence-electron chi connectivity index (χ1n) is 9.68. The van der Waals surface area contributed by atoms with Gasteiger partial charge in [-0.15, -0.1) is 11.8 Å². The van der Waals surface area contributed by atoms with Gasteiger partial charge in [-0.25, -0.2) is 13.5 Å². The van der Waals surface area contributed by atoms with E-state index in [2.05, 4.69) is 14.9 Å². The molecule has 1 aliphatic heterocycles. The standard InChI is InChI=1S/C22H22F2N4OS/c1-30-22-14-20(16-2-4-17(23)5-3-16)25-28(22)21(15-29)27-12-10-26(11-13-27)19-8-6-18(24)7-9-19/h2-9,14-15,21H,10-13H2,1H3. The van der Waals surface area contributed by atoms with E-state index in [0.29, 0.717) is 18.8 Å². The normalized spacial score (nSPS) is 15.9. The van der Waals surface area contributed by atoms with Crippen LogP contribution in [-0.2, 0) is 4.79 Å². The lowest BCUT2D eigenvalue weighted by molar-refractivity contribution is -0.116. The molecule has 1 saturated heterocycles. The predicted molar refractivity (Wildman–Crippen MR) is 115 cm³/mol. The third kappa shape index (κ3) is 4.24. The van der Waals surface area contributed by atoms with Crippen molar-refractivity contribution in [1.82, 2.24) is 14.7 Å². The van der Waals surface area contributed by atoms with E-state index in [1.165, 1.54) is 36.0 Å². The van der Waals surface area contributed by atoms with Crippen molar-refractivity contribution >= 4 is 23.7 Å². The minimum absolute atomic E-state index is 0.251. The lowest BCUT2D eigenvalue weighted by Gasteiger charge is -2.38. The summed E-state index contributed by atoms with van der Waals surface area (Å²) >= 11 is 1.52. The minimum Gasteiger partial charge on any atom is -0.369 e. The number of nitrogens with zero attached hydrogens (tertiary/aromatic N) is 4. The van der Waals surface area contributed by atoms with Crippen molar-refractivity contribution in [3.8, 4) is 11.3 Å². The third-order valence-electron chi connectivity index (χ3n) is 5.30. The van der Waals surface area contributed by atoms with Gasteiger partial charge in [0.25, 0.3) is 0 Å². The van der Waals surface area contributed by atoms with Gasteiger partial charge in [-0.1, -0.05) is 0 Å². The second-order valence-electron chi connectivity index (χ2n) is 7.07. The summed E-state index contributed by atoms with van der Waals surface area (Å²) in [7, 11) is 0. The van der Waals surface area contributed by atoms with Crippen molar-refractivity contribution in [3.05, 3.63) is 66.2 Å². The van der Waals surface area contributed by atoms with E-state index in [9.17, 15) is 13.6 Å². The summed E-state index contributed by atoms with van der Waals surface area (Å²) in [5, 5.41) is 5.53. The van der Waals surface area contributed by atoms with Crippen LogP contribution < -0.4 is 4.90 Å². The highest BCUT2D eigenvalue weighted by Crippen LogP contribution is 2.28. The van der Waals surface area contributed by atoms with E-state index in [4.69, 9.17) is 0 Å². The maximum absolute atomic E-state index is 13.2. The number of aromatic nitrogens is 2. The van der Waals surface area contributed by atoms with Gasteiger partial charge in [0.2, 0.25) is 0 Å². The summed E-state index contributed by atoms with van der Waals surface area (Å²) in [6.45, 7) is 2.83. The van der Waals surface area contributed by atoms with E-state index in [1.807, 2.05) is 12.3 Å². The molecular formula is C22H22F2N4OS. The van der Waals surface area contributed by atoms with Gasteiger partial charge in [-0.3, -0.25) is 9.69 Å². The molecule has 8 heteroatoms. The fourth-order valence-corrected chi connectivity index (χ4v) is 4.24. The number of hydrogen-bond donors (Lipinski definition) is 0. The smallest absolute Gasteiger partial charge is 0.161 e. The largest absolute Gasteiger partial charge is 0.369 e. The molecule has 1 unspecified atom stereocenters. The summed E-state index contributed by atoms with van der Waals surface area (Å²) in [5.74, 6) is -0.549. The Balaban J connectivity index is 1.52. The average Bonchev–Trinajstić information content (AvgIpc) is 3.20. The number of anilines is 1. The number of hydrogen-bond acceptors (Lipinski definition) is 5. The van der Waals surface area contributed by atoms with Crippen LogP contribution in [0.5, 0.6) is 0 Å². The van der Waals surface area contributed by atoms with Crippen molar-refractivity contribution in [2.45, 2.75) is 11.2 Å². The Kier molecular flexibility index (Phi) is 6.15. The summed E-state index contributed by atoms with van der Waals surface area (Å²) in [5.41, 5.74) is 2.48. The molecule has 1 atom stereocenters. The summed E-state index contributed by atoms with van der Waals surface area (Å²) in [4.78, 5) is 16.3. The molecule has 0 radical (unpaired) electrons. The number of benzene rings is 2. The fraction of sp³-hybridized carbons (Fsp3) is 0.273. The van der Waals surface area contributed by atoms with Crippen LogP contribution in [0.25, 0.3) is 11.3 Å². The number of halogens is 2. The van der Waals surface area contributed by atoms with Gasteiger partial charge in [0.15, 0.2) is 12.5 Å². The van der Waals surface area contributed by atoms with Crippen LogP contribution in [0.1, 0.15) is 6.17 Å². The van der Waals surface area contributed by atoms with E-state index in [1.54, 1.807) is 28.9 Å². The second-order valence-corrected chi connectivity index (χ2v) is 7.90. The van der Waals surface area contributed by atoms with E-state index < -0.39 is 6.17 Å². The fourth-order valence-electron chi connectivity index (χ4n) is 3.68. The van der Waals surface area contributed by atoms with Gasteiger partial charge < -0.3 is 4.90 Å². The van der Waals surface area contributed by atoms with Crippen LogP contribution in [0.15, 0.2) is 59.6 Å². The number of piperazine rings is 1. The maximum Gasteiger partial charge on any atom is 0.161 e. The van der Waals surface area contributed by atoms with Crippen molar-refractivity contribution in [2.24, 2.45) is 0 Å². The van der Waals surface area contributed by atoms with E-state index >= 15 is 0 Å². The monoisotopic (exact) mass is 428 g/mol. The second kappa shape index (κ2) is 8.97. The quantitative estimate of drug-likeness (QED) is 0.437. The molecule has 0 spiro atoms. The van der Waals surface area contributed by atoms with Crippen LogP contribution in [0, 0.1) is 11.6 Å². The Bertz CT molecular complexity index is 999. The average molecular weight is 429 g/mol. The van der Waals surface area contributed by atoms with Crippen LogP contribution in [0.2, 0.25) is 0 Å². The third-order valence-corrected chi connectivity index (χ3v) is 6.03. The molecule has 3 aromatic rings. The van der Waals surface area contributed by atoms with Gasteiger partial charge in [0.1, 0.15) is 11.6 Å². The Morgan fingerprint density at radius 2 is 1.57 bits per heavy atom. The molecule has 1 aromatic heterocycles. The van der Waals surface area contributed by atoms with Gasteiger partial charge in [-0.2, -0.15) is 5.10 Å².